The summed E-state index contributed by atoms with van der Waals surface area (Å²) in [7, 11) is 0. The van der Waals surface area contributed by atoms with E-state index in [0.29, 0.717) is 18.9 Å². The minimum Gasteiger partial charge on any atom is -0.492 e. The van der Waals surface area contributed by atoms with Crippen molar-refractivity contribution >= 4 is 21.8 Å². The van der Waals surface area contributed by atoms with Gasteiger partial charge in [-0.2, -0.15) is 0 Å². The van der Waals surface area contributed by atoms with Gasteiger partial charge < -0.3 is 14.8 Å². The first-order valence-electron chi connectivity index (χ1n) is 7.40. The topological polar surface area (TPSA) is 47.6 Å². The van der Waals surface area contributed by atoms with Crippen LogP contribution in [0.2, 0.25) is 0 Å². The Kier molecular flexibility index (Phi) is 6.47. The smallest absolute Gasteiger partial charge is 0.258 e. The molecule has 0 saturated heterocycles. The van der Waals surface area contributed by atoms with E-state index in [1.54, 1.807) is 6.07 Å². The van der Waals surface area contributed by atoms with Gasteiger partial charge in [0.2, 0.25) is 0 Å². The lowest BCUT2D eigenvalue weighted by atomic mass is 10.1. The number of para-hydroxylation sites is 1. The number of carbonyl (C=O) groups excluding carboxylic acids is 1. The zero-order valence-corrected chi connectivity index (χ0v) is 14.9. The minimum atomic E-state index is -0.176. The lowest BCUT2D eigenvalue weighted by Crippen LogP contribution is -2.32. The van der Waals surface area contributed by atoms with Crippen molar-refractivity contribution in [1.82, 2.24) is 5.32 Å². The van der Waals surface area contributed by atoms with Gasteiger partial charge in [-0.3, -0.25) is 4.79 Å². The standard InChI is InChI=1S/C18H20BrNO3/c1-13-9-14(2)11-15(10-13)22-8-7-20-18(21)12-23-17-6-4-3-5-16(17)19/h3-6,9-11H,7-8,12H2,1-2H3,(H,20,21). The molecule has 122 valence electrons. The molecular formula is C18H20BrNO3. The molecule has 0 aliphatic heterocycles. The molecule has 1 N–H and O–H groups in total. The summed E-state index contributed by atoms with van der Waals surface area (Å²) in [5.74, 6) is 1.29. The number of ether oxygens (including phenoxy) is 2. The van der Waals surface area contributed by atoms with E-state index < -0.39 is 0 Å². The largest absolute Gasteiger partial charge is 0.492 e. The maximum Gasteiger partial charge on any atom is 0.258 e. The van der Waals surface area contributed by atoms with Crippen LogP contribution in [-0.2, 0) is 4.79 Å². The van der Waals surface area contributed by atoms with Crippen molar-refractivity contribution in [2.75, 3.05) is 19.8 Å². The summed E-state index contributed by atoms with van der Waals surface area (Å²) in [6, 6.07) is 13.5. The van der Waals surface area contributed by atoms with Gasteiger partial charge in [-0.15, -0.1) is 0 Å². The highest BCUT2D eigenvalue weighted by Crippen LogP contribution is 2.23. The van der Waals surface area contributed by atoms with Crippen LogP contribution in [0, 0.1) is 13.8 Å². The minimum absolute atomic E-state index is 0.0217. The quantitative estimate of drug-likeness (QED) is 0.749. The fourth-order valence-electron chi connectivity index (χ4n) is 2.13. The van der Waals surface area contributed by atoms with Gasteiger partial charge >= 0.3 is 0 Å². The van der Waals surface area contributed by atoms with Crippen LogP contribution >= 0.6 is 15.9 Å². The molecular weight excluding hydrogens is 358 g/mol. The van der Waals surface area contributed by atoms with Gasteiger partial charge in [0.05, 0.1) is 11.0 Å². The van der Waals surface area contributed by atoms with E-state index in [0.717, 1.165) is 21.3 Å². The molecule has 0 spiro atoms. The molecule has 0 heterocycles. The van der Waals surface area contributed by atoms with Gasteiger partial charge in [0.1, 0.15) is 18.1 Å². The zero-order valence-electron chi connectivity index (χ0n) is 13.3. The summed E-state index contributed by atoms with van der Waals surface area (Å²) < 4.78 is 11.9. The second-order valence-corrected chi connectivity index (χ2v) is 6.10. The second-order valence-electron chi connectivity index (χ2n) is 5.24. The van der Waals surface area contributed by atoms with Crippen LogP contribution in [0.5, 0.6) is 11.5 Å². The number of carbonyl (C=O) groups is 1. The Balaban J connectivity index is 1.68. The lowest BCUT2D eigenvalue weighted by molar-refractivity contribution is -0.123. The van der Waals surface area contributed by atoms with E-state index in [2.05, 4.69) is 27.3 Å². The number of rotatable bonds is 7. The van der Waals surface area contributed by atoms with Crippen molar-refractivity contribution in [1.29, 1.82) is 0 Å². The first kappa shape index (κ1) is 17.3. The summed E-state index contributed by atoms with van der Waals surface area (Å²) in [4.78, 5) is 11.7. The van der Waals surface area contributed by atoms with Gasteiger partial charge in [0.25, 0.3) is 5.91 Å². The Morgan fingerprint density at radius 3 is 2.48 bits per heavy atom. The number of benzene rings is 2. The predicted molar refractivity (Wildman–Crippen MR) is 94.1 cm³/mol. The van der Waals surface area contributed by atoms with Crippen LogP contribution in [0.1, 0.15) is 11.1 Å². The van der Waals surface area contributed by atoms with Crippen molar-refractivity contribution in [3.05, 3.63) is 58.1 Å². The molecule has 0 radical (unpaired) electrons. The number of nitrogens with one attached hydrogen (secondary N) is 1. The van der Waals surface area contributed by atoms with Crippen molar-refractivity contribution < 1.29 is 14.3 Å². The van der Waals surface area contributed by atoms with E-state index in [9.17, 15) is 4.79 Å². The van der Waals surface area contributed by atoms with Gasteiger partial charge in [-0.1, -0.05) is 18.2 Å². The molecule has 0 bridgehead atoms. The molecule has 0 aromatic heterocycles. The zero-order chi connectivity index (χ0) is 16.7. The number of aryl methyl sites for hydroxylation is 2. The van der Waals surface area contributed by atoms with E-state index in [-0.39, 0.29) is 12.5 Å². The first-order chi connectivity index (χ1) is 11.0. The molecule has 5 heteroatoms. The Morgan fingerprint density at radius 2 is 1.78 bits per heavy atom. The van der Waals surface area contributed by atoms with Gasteiger partial charge in [-0.25, -0.2) is 0 Å². The Hall–Kier alpha value is -2.01. The molecule has 23 heavy (non-hydrogen) atoms. The predicted octanol–water partition coefficient (Wildman–Crippen LogP) is 3.64. The highest BCUT2D eigenvalue weighted by atomic mass is 79.9. The van der Waals surface area contributed by atoms with E-state index >= 15 is 0 Å². The number of amides is 1. The highest BCUT2D eigenvalue weighted by Gasteiger charge is 2.05. The van der Waals surface area contributed by atoms with Gasteiger partial charge in [-0.05, 0) is 65.2 Å². The fourth-order valence-corrected chi connectivity index (χ4v) is 2.53. The summed E-state index contributed by atoms with van der Waals surface area (Å²) in [5.41, 5.74) is 2.32. The third-order valence-electron chi connectivity index (χ3n) is 3.08. The third-order valence-corrected chi connectivity index (χ3v) is 3.74. The van der Waals surface area contributed by atoms with Crippen LogP contribution in [0.25, 0.3) is 0 Å². The molecule has 0 fully saturated rings. The summed E-state index contributed by atoms with van der Waals surface area (Å²) in [6.45, 7) is 4.89. The van der Waals surface area contributed by atoms with Crippen LogP contribution in [-0.4, -0.2) is 25.7 Å². The van der Waals surface area contributed by atoms with Crippen molar-refractivity contribution in [3.8, 4) is 11.5 Å². The van der Waals surface area contributed by atoms with Gasteiger partial charge in [0.15, 0.2) is 6.61 Å². The normalized spacial score (nSPS) is 10.2. The Morgan fingerprint density at radius 1 is 1.09 bits per heavy atom. The van der Waals surface area contributed by atoms with E-state index in [1.807, 2.05) is 44.2 Å². The fraction of sp³-hybridized carbons (Fsp3) is 0.278. The SMILES string of the molecule is Cc1cc(C)cc(OCCNC(=O)COc2ccccc2Br)c1. The molecule has 0 aliphatic carbocycles. The molecule has 0 unspecified atom stereocenters. The van der Waals surface area contributed by atoms with Crippen LogP contribution in [0.15, 0.2) is 46.9 Å². The molecule has 0 aliphatic rings. The summed E-state index contributed by atoms with van der Waals surface area (Å²) in [5, 5.41) is 2.77. The van der Waals surface area contributed by atoms with Crippen molar-refractivity contribution in [2.45, 2.75) is 13.8 Å². The van der Waals surface area contributed by atoms with Gasteiger partial charge in [0, 0.05) is 0 Å². The Labute approximate surface area is 144 Å². The summed E-state index contributed by atoms with van der Waals surface area (Å²) >= 11 is 3.37. The second kappa shape index (κ2) is 8.58. The third kappa shape index (κ3) is 5.94. The molecule has 2 aromatic rings. The molecule has 0 atom stereocenters. The molecule has 4 nitrogen and oxygen atoms in total. The van der Waals surface area contributed by atoms with E-state index in [1.165, 1.54) is 0 Å². The monoisotopic (exact) mass is 377 g/mol. The average Bonchev–Trinajstić information content (AvgIpc) is 2.50. The maximum atomic E-state index is 11.7. The van der Waals surface area contributed by atoms with Crippen molar-refractivity contribution in [3.63, 3.8) is 0 Å². The lowest BCUT2D eigenvalue weighted by Gasteiger charge is -2.10. The molecule has 0 saturated carbocycles. The average molecular weight is 378 g/mol. The Bertz CT molecular complexity index is 653. The molecule has 1 amide bonds. The highest BCUT2D eigenvalue weighted by molar-refractivity contribution is 9.10. The first-order valence-corrected chi connectivity index (χ1v) is 8.19. The molecule has 2 aromatic carbocycles. The number of hydrogen-bond donors (Lipinski definition) is 1. The number of hydrogen-bond acceptors (Lipinski definition) is 3. The molecule has 2 rings (SSSR count). The maximum absolute atomic E-state index is 11.7. The van der Waals surface area contributed by atoms with Crippen LogP contribution in [0.3, 0.4) is 0 Å². The number of halogens is 1. The van der Waals surface area contributed by atoms with E-state index in [4.69, 9.17) is 9.47 Å². The summed E-state index contributed by atoms with van der Waals surface area (Å²) in [6.07, 6.45) is 0. The van der Waals surface area contributed by atoms with Crippen LogP contribution < -0.4 is 14.8 Å². The van der Waals surface area contributed by atoms with Crippen molar-refractivity contribution in [2.24, 2.45) is 0 Å². The van der Waals surface area contributed by atoms with Crippen LogP contribution in [0.4, 0.5) is 0 Å².